The van der Waals surface area contributed by atoms with Crippen LogP contribution in [0.2, 0.25) is 0 Å². The minimum atomic E-state index is 0.504. The first-order valence-electron chi connectivity index (χ1n) is 17.0. The second-order valence-electron chi connectivity index (χ2n) is 12.7. The molecule has 7 aromatic carbocycles. The fraction of sp³-hybridized carbons (Fsp3) is 0. The van der Waals surface area contributed by atoms with E-state index in [1.54, 1.807) is 0 Å². The lowest BCUT2D eigenvalue weighted by molar-refractivity contribution is 0.668. The predicted molar refractivity (Wildman–Crippen MR) is 206 cm³/mol. The lowest BCUT2D eigenvalue weighted by Crippen LogP contribution is -2.01. The molecule has 0 N–H and O–H groups in total. The molecule has 242 valence electrons. The average molecular weight is 667 g/mol. The summed E-state index contributed by atoms with van der Waals surface area (Å²) in [5.41, 5.74) is 10.2. The largest absolute Gasteiger partial charge is 0.456 e. The highest BCUT2D eigenvalue weighted by Gasteiger charge is 2.23. The molecule has 0 spiro atoms. The third kappa shape index (κ3) is 4.84. The van der Waals surface area contributed by atoms with E-state index in [1.165, 1.54) is 0 Å². The number of fused-ring (bicyclic) bond motifs is 6. The van der Waals surface area contributed by atoms with Gasteiger partial charge in [-0.15, -0.1) is 0 Å². The van der Waals surface area contributed by atoms with E-state index in [1.807, 2.05) is 109 Å². The Labute approximate surface area is 297 Å². The zero-order chi connectivity index (χ0) is 34.6. The zero-order valence-electron chi connectivity index (χ0n) is 27.6. The molecule has 0 atom stereocenters. The molecule has 6 heteroatoms. The summed E-state index contributed by atoms with van der Waals surface area (Å²) in [4.78, 5) is 15.6. The summed E-state index contributed by atoms with van der Waals surface area (Å²) in [6.07, 6.45) is 0. The van der Waals surface area contributed by atoms with Gasteiger partial charge in [0.25, 0.3) is 0 Å². The van der Waals surface area contributed by atoms with E-state index in [0.717, 1.165) is 77.2 Å². The van der Waals surface area contributed by atoms with E-state index in [0.29, 0.717) is 28.6 Å². The second-order valence-corrected chi connectivity index (χ2v) is 12.7. The summed E-state index contributed by atoms with van der Waals surface area (Å²) < 4.78 is 12.9. The van der Waals surface area contributed by atoms with Gasteiger partial charge in [0.2, 0.25) is 0 Å². The van der Waals surface area contributed by atoms with Gasteiger partial charge < -0.3 is 8.83 Å². The lowest BCUT2D eigenvalue weighted by Gasteiger charge is -2.13. The van der Waals surface area contributed by atoms with Crippen molar-refractivity contribution in [2.45, 2.75) is 0 Å². The van der Waals surface area contributed by atoms with Crippen molar-refractivity contribution in [2.75, 3.05) is 0 Å². The van der Waals surface area contributed by atoms with Crippen LogP contribution in [-0.4, -0.2) is 15.0 Å². The molecule has 0 bridgehead atoms. The summed E-state index contributed by atoms with van der Waals surface area (Å²) in [5, 5.41) is 13.2. The molecule has 6 nitrogen and oxygen atoms in total. The minimum Gasteiger partial charge on any atom is -0.456 e. The molecule has 3 aromatic heterocycles. The van der Waals surface area contributed by atoms with Gasteiger partial charge in [-0.1, -0.05) is 121 Å². The van der Waals surface area contributed by atoms with E-state index in [9.17, 15) is 5.26 Å². The zero-order valence-corrected chi connectivity index (χ0v) is 27.6. The Morgan fingerprint density at radius 2 is 1.02 bits per heavy atom. The standard InChI is InChI=1S/C46H26N4O2/c47-27-28-17-19-29(20-18-28)30-21-23-31(24-22-30)33-25-26-35-34-11-4-6-14-38(34)52-43(35)42(33)46-49-44(32-9-2-1-3-10-32)48-45(50-46)37-13-8-16-40-41(37)36-12-5-7-15-39(36)51-40/h1-26H. The number of nitriles is 1. The Hall–Kier alpha value is -7.36. The van der Waals surface area contributed by atoms with Gasteiger partial charge in [-0.2, -0.15) is 5.26 Å². The topological polar surface area (TPSA) is 88.7 Å². The first kappa shape index (κ1) is 29.5. The summed E-state index contributed by atoms with van der Waals surface area (Å²) >= 11 is 0. The highest BCUT2D eigenvalue weighted by molar-refractivity contribution is 6.13. The smallest absolute Gasteiger partial charge is 0.168 e. The fourth-order valence-corrected chi connectivity index (χ4v) is 7.12. The summed E-state index contributed by atoms with van der Waals surface area (Å²) in [6.45, 7) is 0. The number of hydrogen-bond acceptors (Lipinski definition) is 6. The molecular weight excluding hydrogens is 641 g/mol. The molecule has 0 saturated heterocycles. The number of furan rings is 2. The SMILES string of the molecule is N#Cc1ccc(-c2ccc(-c3ccc4c(oc5ccccc54)c3-c3nc(-c4ccccc4)nc(-c4cccc5oc6ccccc6c45)n3)cc2)cc1. The van der Waals surface area contributed by atoms with Crippen LogP contribution in [-0.2, 0) is 0 Å². The molecule has 52 heavy (non-hydrogen) atoms. The van der Waals surface area contributed by atoms with Crippen LogP contribution < -0.4 is 0 Å². The second kappa shape index (κ2) is 11.9. The molecule has 0 saturated carbocycles. The third-order valence-corrected chi connectivity index (χ3v) is 9.62. The quantitative estimate of drug-likeness (QED) is 0.182. The molecule has 3 heterocycles. The van der Waals surface area contributed by atoms with Crippen molar-refractivity contribution in [1.82, 2.24) is 15.0 Å². The van der Waals surface area contributed by atoms with Crippen LogP contribution >= 0.6 is 0 Å². The number of hydrogen-bond donors (Lipinski definition) is 0. The predicted octanol–water partition coefficient (Wildman–Crippen LogP) is 11.9. The fourth-order valence-electron chi connectivity index (χ4n) is 7.12. The van der Waals surface area contributed by atoms with Crippen LogP contribution in [0, 0.1) is 11.3 Å². The maximum absolute atomic E-state index is 9.27. The van der Waals surface area contributed by atoms with Crippen LogP contribution in [0.3, 0.4) is 0 Å². The normalized spacial score (nSPS) is 11.4. The van der Waals surface area contributed by atoms with Gasteiger partial charge >= 0.3 is 0 Å². The number of nitrogens with zero attached hydrogens (tertiary/aromatic N) is 4. The van der Waals surface area contributed by atoms with Crippen LogP contribution in [0.25, 0.3) is 100 Å². The van der Waals surface area contributed by atoms with Crippen molar-refractivity contribution in [3.63, 3.8) is 0 Å². The molecule has 0 fully saturated rings. The Morgan fingerprint density at radius 1 is 0.404 bits per heavy atom. The molecule has 10 aromatic rings. The van der Waals surface area contributed by atoms with E-state index < -0.39 is 0 Å². The van der Waals surface area contributed by atoms with Gasteiger partial charge in [0.05, 0.1) is 17.2 Å². The van der Waals surface area contributed by atoms with E-state index in [2.05, 4.69) is 54.6 Å². The van der Waals surface area contributed by atoms with Gasteiger partial charge in [-0.3, -0.25) is 0 Å². The van der Waals surface area contributed by atoms with E-state index >= 15 is 0 Å². The van der Waals surface area contributed by atoms with Gasteiger partial charge in [0, 0.05) is 32.7 Å². The Kier molecular flexibility index (Phi) is 6.76. The van der Waals surface area contributed by atoms with Crippen molar-refractivity contribution in [3.8, 4) is 62.5 Å². The Balaban J connectivity index is 1.24. The average Bonchev–Trinajstić information content (AvgIpc) is 3.79. The third-order valence-electron chi connectivity index (χ3n) is 9.62. The molecule has 10 rings (SSSR count). The van der Waals surface area contributed by atoms with Crippen molar-refractivity contribution >= 4 is 43.9 Å². The van der Waals surface area contributed by atoms with Crippen LogP contribution in [0.1, 0.15) is 5.56 Å². The van der Waals surface area contributed by atoms with Gasteiger partial charge in [-0.05, 0) is 58.7 Å². The molecule has 0 aliphatic rings. The first-order valence-corrected chi connectivity index (χ1v) is 17.0. The molecular formula is C46H26N4O2. The van der Waals surface area contributed by atoms with Gasteiger partial charge in [0.15, 0.2) is 17.5 Å². The summed E-state index contributed by atoms with van der Waals surface area (Å²) in [7, 11) is 0. The Morgan fingerprint density at radius 3 is 1.79 bits per heavy atom. The van der Waals surface area contributed by atoms with Crippen LogP contribution in [0.5, 0.6) is 0 Å². The minimum absolute atomic E-state index is 0.504. The van der Waals surface area contributed by atoms with Gasteiger partial charge in [0.1, 0.15) is 22.3 Å². The monoisotopic (exact) mass is 666 g/mol. The molecule has 0 aliphatic carbocycles. The van der Waals surface area contributed by atoms with Crippen molar-refractivity contribution < 1.29 is 8.83 Å². The maximum Gasteiger partial charge on any atom is 0.168 e. The summed E-state index contributed by atoms with van der Waals surface area (Å²) in [6, 6.07) is 54.6. The molecule has 0 amide bonds. The molecule has 0 aliphatic heterocycles. The highest BCUT2D eigenvalue weighted by Crippen LogP contribution is 2.43. The Bertz CT molecular complexity index is 3010. The van der Waals surface area contributed by atoms with Crippen molar-refractivity contribution in [2.24, 2.45) is 0 Å². The summed E-state index contributed by atoms with van der Waals surface area (Å²) in [5.74, 6) is 1.60. The van der Waals surface area contributed by atoms with Crippen molar-refractivity contribution in [1.29, 1.82) is 5.26 Å². The van der Waals surface area contributed by atoms with E-state index in [4.69, 9.17) is 23.8 Å². The van der Waals surface area contributed by atoms with Crippen molar-refractivity contribution in [3.05, 3.63) is 163 Å². The first-order chi connectivity index (χ1) is 25.7. The number of para-hydroxylation sites is 2. The number of rotatable bonds is 5. The number of aromatic nitrogens is 3. The molecule has 0 radical (unpaired) electrons. The van der Waals surface area contributed by atoms with Gasteiger partial charge in [-0.25, -0.2) is 15.0 Å². The van der Waals surface area contributed by atoms with Crippen LogP contribution in [0.4, 0.5) is 0 Å². The maximum atomic E-state index is 9.27. The van der Waals surface area contributed by atoms with Crippen LogP contribution in [0.15, 0.2) is 167 Å². The lowest BCUT2D eigenvalue weighted by atomic mass is 9.94. The number of benzene rings is 7. The molecule has 0 unspecified atom stereocenters. The van der Waals surface area contributed by atoms with E-state index in [-0.39, 0.29) is 0 Å². The highest BCUT2D eigenvalue weighted by atomic mass is 16.3.